The molecule has 0 aromatic heterocycles. The summed E-state index contributed by atoms with van der Waals surface area (Å²) in [5, 5.41) is 0. The molecule has 0 aliphatic rings. The summed E-state index contributed by atoms with van der Waals surface area (Å²) in [4.78, 5) is -1.41. The Morgan fingerprint density at radius 3 is 2.12 bits per heavy atom. The maximum absolute atomic E-state index is 13.6. The van der Waals surface area contributed by atoms with Crippen molar-refractivity contribution in [1.82, 2.24) is 0 Å². The normalized spacial score (nSPS) is 15.9. The highest BCUT2D eigenvalue weighted by molar-refractivity contribution is 7.87. The van der Waals surface area contributed by atoms with Crippen LogP contribution < -0.4 is 0 Å². The van der Waals surface area contributed by atoms with E-state index in [2.05, 4.69) is 8.71 Å². The first-order valence-electron chi connectivity index (χ1n) is 6.93. The van der Waals surface area contributed by atoms with Gasteiger partial charge in [-0.3, -0.25) is 8.75 Å². The third-order valence-corrected chi connectivity index (χ3v) is 6.11. The standard InChI is InChI=1S/C13H16F5O6PS/c1-9(2)24-25(19,22-3)8-23-26(20,21)11-7-5-4-6-10(11)12(14,15)13(16,17)18/h4-7,9H,8H2,1-3H3. The molecule has 6 nitrogen and oxygen atoms in total. The van der Waals surface area contributed by atoms with Gasteiger partial charge in [0.05, 0.1) is 11.7 Å². The Kier molecular flexibility index (Phi) is 6.97. The predicted octanol–water partition coefficient (Wildman–Crippen LogP) is 4.27. The number of halogens is 5. The quantitative estimate of drug-likeness (QED) is 0.351. The lowest BCUT2D eigenvalue weighted by Gasteiger charge is -2.23. The van der Waals surface area contributed by atoms with E-state index in [9.17, 15) is 34.9 Å². The van der Waals surface area contributed by atoms with Gasteiger partial charge in [0.1, 0.15) is 4.90 Å². The third kappa shape index (κ3) is 5.23. The molecule has 13 heteroatoms. The SMILES string of the molecule is COP(=O)(COS(=O)(=O)c1ccccc1C(F)(F)C(F)(F)F)OC(C)C. The first kappa shape index (κ1) is 23.0. The molecule has 0 saturated carbocycles. The Balaban J connectivity index is 3.25. The molecule has 1 rings (SSSR count). The van der Waals surface area contributed by atoms with E-state index >= 15 is 0 Å². The van der Waals surface area contributed by atoms with Gasteiger partial charge in [0, 0.05) is 7.11 Å². The van der Waals surface area contributed by atoms with Gasteiger partial charge in [0.25, 0.3) is 10.1 Å². The molecule has 0 amide bonds. The van der Waals surface area contributed by atoms with Crippen LogP contribution in [0.25, 0.3) is 0 Å². The van der Waals surface area contributed by atoms with Crippen molar-refractivity contribution in [3.8, 4) is 0 Å². The molecule has 0 N–H and O–H groups in total. The van der Waals surface area contributed by atoms with Crippen LogP contribution in [0, 0.1) is 0 Å². The fraction of sp³-hybridized carbons (Fsp3) is 0.538. The molecule has 0 radical (unpaired) electrons. The molecule has 1 atom stereocenters. The molecule has 1 unspecified atom stereocenters. The Morgan fingerprint density at radius 1 is 1.12 bits per heavy atom. The molecule has 0 spiro atoms. The van der Waals surface area contributed by atoms with Crippen molar-refractivity contribution in [2.75, 3.05) is 13.5 Å². The summed E-state index contributed by atoms with van der Waals surface area (Å²) in [6.45, 7) is 2.92. The van der Waals surface area contributed by atoms with E-state index in [0.717, 1.165) is 19.2 Å². The highest BCUT2D eigenvalue weighted by Crippen LogP contribution is 2.50. The van der Waals surface area contributed by atoms with E-state index in [4.69, 9.17) is 4.52 Å². The topological polar surface area (TPSA) is 78.9 Å². The van der Waals surface area contributed by atoms with Gasteiger partial charge in [-0.2, -0.15) is 30.4 Å². The summed E-state index contributed by atoms with van der Waals surface area (Å²) >= 11 is 0. The Hall–Kier alpha value is -1.07. The zero-order chi connectivity index (χ0) is 20.4. The van der Waals surface area contributed by atoms with Crippen molar-refractivity contribution in [3.63, 3.8) is 0 Å². The smallest absolute Gasteiger partial charge is 0.310 e. The first-order valence-corrected chi connectivity index (χ1v) is 10.1. The van der Waals surface area contributed by atoms with Gasteiger partial charge in [-0.05, 0) is 19.9 Å². The van der Waals surface area contributed by atoms with Crippen LogP contribution in [0.3, 0.4) is 0 Å². The summed E-state index contributed by atoms with van der Waals surface area (Å²) in [6, 6.07) is 2.58. The van der Waals surface area contributed by atoms with Gasteiger partial charge >= 0.3 is 19.7 Å². The van der Waals surface area contributed by atoms with Gasteiger partial charge in [0.15, 0.2) is 6.35 Å². The minimum Gasteiger partial charge on any atom is -0.310 e. The van der Waals surface area contributed by atoms with Crippen LogP contribution in [0.2, 0.25) is 0 Å². The number of alkyl halides is 5. The molecular weight excluding hydrogens is 410 g/mol. The van der Waals surface area contributed by atoms with Crippen molar-refractivity contribution < 1.29 is 48.2 Å². The second-order valence-electron chi connectivity index (χ2n) is 5.22. The van der Waals surface area contributed by atoms with Gasteiger partial charge in [-0.25, -0.2) is 0 Å². The predicted molar refractivity (Wildman–Crippen MR) is 80.4 cm³/mol. The van der Waals surface area contributed by atoms with E-state index in [1.807, 2.05) is 0 Å². The summed E-state index contributed by atoms with van der Waals surface area (Å²) in [5.74, 6) is -5.45. The second-order valence-corrected chi connectivity index (χ2v) is 8.86. The average Bonchev–Trinajstić information content (AvgIpc) is 2.51. The van der Waals surface area contributed by atoms with Gasteiger partial charge in [0.2, 0.25) is 0 Å². The molecule has 0 saturated heterocycles. The van der Waals surface area contributed by atoms with Crippen molar-refractivity contribution in [2.24, 2.45) is 0 Å². The van der Waals surface area contributed by atoms with Crippen LogP contribution in [0.5, 0.6) is 0 Å². The molecule has 1 aromatic rings. The number of hydrogen-bond acceptors (Lipinski definition) is 6. The zero-order valence-corrected chi connectivity index (χ0v) is 15.5. The molecule has 0 heterocycles. The average molecular weight is 426 g/mol. The third-order valence-electron chi connectivity index (χ3n) is 2.87. The summed E-state index contributed by atoms with van der Waals surface area (Å²) < 4.78 is 115. The molecule has 0 aliphatic heterocycles. The van der Waals surface area contributed by atoms with Crippen molar-refractivity contribution >= 4 is 17.7 Å². The highest BCUT2D eigenvalue weighted by Gasteiger charge is 2.60. The van der Waals surface area contributed by atoms with Crippen molar-refractivity contribution in [1.29, 1.82) is 0 Å². The fourth-order valence-corrected chi connectivity index (χ4v) is 4.55. The Labute approximate surface area is 146 Å². The monoisotopic (exact) mass is 426 g/mol. The molecule has 0 bridgehead atoms. The van der Waals surface area contributed by atoms with Crippen LogP contribution in [0.4, 0.5) is 22.0 Å². The lowest BCUT2D eigenvalue weighted by molar-refractivity contribution is -0.290. The maximum atomic E-state index is 13.6. The van der Waals surface area contributed by atoms with Crippen LogP contribution in [-0.4, -0.2) is 34.2 Å². The number of benzene rings is 1. The Morgan fingerprint density at radius 2 is 1.65 bits per heavy atom. The molecular formula is C13H16F5O6PS. The van der Waals surface area contributed by atoms with E-state index in [1.54, 1.807) is 0 Å². The van der Waals surface area contributed by atoms with Crippen molar-refractivity contribution in [2.45, 2.75) is 36.9 Å². The molecule has 1 aromatic carbocycles. The minimum atomic E-state index is -6.03. The summed E-state index contributed by atoms with van der Waals surface area (Å²) in [6.07, 6.45) is -7.88. The molecule has 26 heavy (non-hydrogen) atoms. The largest absolute Gasteiger partial charge is 0.458 e. The summed E-state index contributed by atoms with van der Waals surface area (Å²) in [5.41, 5.74) is -1.82. The number of rotatable bonds is 8. The summed E-state index contributed by atoms with van der Waals surface area (Å²) in [7, 11) is -8.26. The van der Waals surface area contributed by atoms with Crippen LogP contribution >= 0.6 is 7.60 Å². The lowest BCUT2D eigenvalue weighted by Crippen LogP contribution is -2.35. The molecule has 150 valence electrons. The minimum absolute atomic E-state index is 0.310. The van der Waals surface area contributed by atoms with Crippen LogP contribution in [0.1, 0.15) is 19.4 Å². The van der Waals surface area contributed by atoms with Gasteiger partial charge in [-0.15, -0.1) is 0 Å². The van der Waals surface area contributed by atoms with Gasteiger partial charge < -0.3 is 9.05 Å². The van der Waals surface area contributed by atoms with E-state index < -0.39 is 52.7 Å². The second kappa shape index (κ2) is 7.89. The van der Waals surface area contributed by atoms with E-state index in [1.165, 1.54) is 13.8 Å². The maximum Gasteiger partial charge on any atom is 0.458 e. The van der Waals surface area contributed by atoms with Crippen molar-refractivity contribution in [3.05, 3.63) is 29.8 Å². The molecule has 0 fully saturated rings. The first-order chi connectivity index (χ1) is 11.7. The zero-order valence-electron chi connectivity index (χ0n) is 13.8. The number of hydrogen-bond donors (Lipinski definition) is 0. The van der Waals surface area contributed by atoms with E-state index in [0.29, 0.717) is 12.1 Å². The lowest BCUT2D eigenvalue weighted by atomic mass is 10.1. The van der Waals surface area contributed by atoms with Crippen LogP contribution in [0.15, 0.2) is 29.2 Å². The van der Waals surface area contributed by atoms with Gasteiger partial charge in [-0.1, -0.05) is 18.2 Å². The Bertz CT molecular complexity index is 777. The highest BCUT2D eigenvalue weighted by atomic mass is 32.2. The molecule has 0 aliphatic carbocycles. The van der Waals surface area contributed by atoms with E-state index in [-0.39, 0.29) is 0 Å². The fourth-order valence-electron chi connectivity index (χ4n) is 1.74. The van der Waals surface area contributed by atoms with Crippen LogP contribution in [-0.2, 0) is 33.8 Å².